The molecular formula is C41H64N6O16. The predicted molar refractivity (Wildman–Crippen MR) is 220 cm³/mol. The molecule has 2 rings (SSSR count). The van der Waals surface area contributed by atoms with Gasteiger partial charge in [-0.1, -0.05) is 0 Å². The number of rotatable bonds is 35. The third kappa shape index (κ3) is 24.7. The summed E-state index contributed by atoms with van der Waals surface area (Å²) in [6, 6.07) is -2.56. The molecule has 2 atom stereocenters. The van der Waals surface area contributed by atoms with Crippen molar-refractivity contribution in [2.45, 2.75) is 108 Å². The first-order chi connectivity index (χ1) is 30.2. The summed E-state index contributed by atoms with van der Waals surface area (Å²) in [6.07, 6.45) is 5.49. The minimum Gasteiger partial charge on any atom is -0.481 e. The third-order valence-corrected chi connectivity index (χ3v) is 10.2. The maximum Gasteiger partial charge on any atom is 0.326 e. The second kappa shape index (κ2) is 31.4. The highest BCUT2D eigenvalue weighted by molar-refractivity contribution is 6.13. The van der Waals surface area contributed by atoms with Gasteiger partial charge in [-0.05, 0) is 70.1 Å². The van der Waals surface area contributed by atoms with Gasteiger partial charge in [0.1, 0.15) is 12.1 Å². The fourth-order valence-electron chi connectivity index (χ4n) is 6.57. The van der Waals surface area contributed by atoms with E-state index in [4.69, 9.17) is 24.4 Å². The van der Waals surface area contributed by atoms with E-state index >= 15 is 0 Å². The molecule has 354 valence electrons. The smallest absolute Gasteiger partial charge is 0.326 e. The summed E-state index contributed by atoms with van der Waals surface area (Å²) in [5.74, 6) is -6.77. The molecule has 1 aliphatic carbocycles. The van der Waals surface area contributed by atoms with E-state index < -0.39 is 71.9 Å². The fraction of sp³-hybridized carbons (Fsp3) is 0.707. The molecule has 8 N–H and O–H groups in total. The Labute approximate surface area is 365 Å². The molecular weight excluding hydrogens is 832 g/mol. The molecule has 0 bridgehead atoms. The van der Waals surface area contributed by atoms with E-state index in [1.165, 1.54) is 12.2 Å². The Hall–Kier alpha value is -5.48. The Morgan fingerprint density at radius 3 is 1.71 bits per heavy atom. The molecule has 0 saturated heterocycles. The molecule has 0 aromatic carbocycles. The zero-order valence-corrected chi connectivity index (χ0v) is 35.7. The Bertz CT molecular complexity index is 1550. The standard InChI is InChI=1S/C41H64N6O16/c48-32(5-1-2-6-37(53)54)44-27-28-7-9-29(10-8-28)39(57)46-31(41(59)60)11-13-34(50)45-30(12-16-38(55)56)40(58)43-19-4-22-62-24-26-63-25-23-61-21-3-18-42-33(49)17-20-47-35(51)14-15-36(47)52/h14-15,28-31H,1-13,16-27H2,(H,42,49)(H,43,58)(H,44,48)(H,45,50)(H,46,57)(H,53,54)(H,55,56)(H,59,60). The van der Waals surface area contributed by atoms with Crippen LogP contribution < -0.4 is 26.6 Å². The highest BCUT2D eigenvalue weighted by Gasteiger charge is 2.30. The van der Waals surface area contributed by atoms with Crippen LogP contribution >= 0.6 is 0 Å². The topological polar surface area (TPSA) is 322 Å². The third-order valence-electron chi connectivity index (χ3n) is 10.2. The number of carbonyl (C=O) groups is 10. The van der Waals surface area contributed by atoms with Crippen LogP contribution in [0.15, 0.2) is 12.2 Å². The lowest BCUT2D eigenvalue weighted by atomic mass is 9.81. The molecule has 63 heavy (non-hydrogen) atoms. The summed E-state index contributed by atoms with van der Waals surface area (Å²) in [5, 5.41) is 40.8. The second-order valence-electron chi connectivity index (χ2n) is 15.2. The average Bonchev–Trinajstić information content (AvgIpc) is 3.57. The van der Waals surface area contributed by atoms with Gasteiger partial charge in [-0.15, -0.1) is 0 Å². The van der Waals surface area contributed by atoms with Crippen molar-refractivity contribution < 1.29 is 77.5 Å². The van der Waals surface area contributed by atoms with Gasteiger partial charge < -0.3 is 56.1 Å². The minimum absolute atomic E-state index is 0.0104. The summed E-state index contributed by atoms with van der Waals surface area (Å²) < 4.78 is 16.4. The van der Waals surface area contributed by atoms with Crippen LogP contribution in [0.5, 0.6) is 0 Å². The molecule has 0 aromatic rings. The van der Waals surface area contributed by atoms with Crippen molar-refractivity contribution in [2.24, 2.45) is 11.8 Å². The van der Waals surface area contributed by atoms with Crippen LogP contribution in [0.1, 0.15) is 96.3 Å². The first-order valence-electron chi connectivity index (χ1n) is 21.5. The van der Waals surface area contributed by atoms with Crippen LogP contribution in [-0.2, 0) is 62.2 Å². The van der Waals surface area contributed by atoms with Crippen LogP contribution in [0.2, 0.25) is 0 Å². The maximum atomic E-state index is 12.9. The summed E-state index contributed by atoms with van der Waals surface area (Å²) in [4.78, 5) is 120. The van der Waals surface area contributed by atoms with Gasteiger partial charge in [0.05, 0.1) is 26.4 Å². The minimum atomic E-state index is -1.37. The van der Waals surface area contributed by atoms with Crippen molar-refractivity contribution in [2.75, 3.05) is 65.8 Å². The van der Waals surface area contributed by atoms with Crippen molar-refractivity contribution in [1.82, 2.24) is 31.5 Å². The first-order valence-corrected chi connectivity index (χ1v) is 21.5. The van der Waals surface area contributed by atoms with Crippen molar-refractivity contribution in [3.05, 3.63) is 12.2 Å². The first kappa shape index (κ1) is 53.7. The van der Waals surface area contributed by atoms with Crippen molar-refractivity contribution >= 4 is 59.3 Å². The SMILES string of the molecule is O=C(O)CCCCC(=O)NCC1CCC(C(=O)NC(CCC(=O)NC(CCC(=O)O)C(=O)NCCCOCCOCCOCCCNC(=O)CCN2C(=O)C=CC2=O)C(=O)O)CC1. The number of unbranched alkanes of at least 4 members (excludes halogenated alkanes) is 1. The molecule has 1 aliphatic heterocycles. The molecule has 7 amide bonds. The van der Waals surface area contributed by atoms with Gasteiger partial charge in [-0.3, -0.25) is 48.1 Å². The molecule has 0 spiro atoms. The number of aliphatic carboxylic acids is 3. The highest BCUT2D eigenvalue weighted by Crippen LogP contribution is 2.29. The van der Waals surface area contributed by atoms with Crippen LogP contribution in [0.25, 0.3) is 0 Å². The molecule has 0 aromatic heterocycles. The van der Waals surface area contributed by atoms with Gasteiger partial charge in [0, 0.05) is 89.6 Å². The second-order valence-corrected chi connectivity index (χ2v) is 15.2. The van der Waals surface area contributed by atoms with Gasteiger partial charge in [0.15, 0.2) is 0 Å². The summed E-state index contributed by atoms with van der Waals surface area (Å²) in [7, 11) is 0. The number of nitrogens with one attached hydrogen (secondary N) is 5. The highest BCUT2D eigenvalue weighted by atomic mass is 16.5. The summed E-state index contributed by atoms with van der Waals surface area (Å²) in [5.41, 5.74) is 0. The molecule has 2 unspecified atom stereocenters. The molecule has 1 heterocycles. The lowest BCUT2D eigenvalue weighted by Gasteiger charge is -2.28. The van der Waals surface area contributed by atoms with E-state index in [9.17, 15) is 53.1 Å². The summed E-state index contributed by atoms with van der Waals surface area (Å²) in [6.45, 7) is 2.90. The molecule has 1 fully saturated rings. The number of amides is 7. The van der Waals surface area contributed by atoms with E-state index in [1.807, 2.05) is 0 Å². The summed E-state index contributed by atoms with van der Waals surface area (Å²) >= 11 is 0. The van der Waals surface area contributed by atoms with Crippen molar-refractivity contribution in [1.29, 1.82) is 0 Å². The number of nitrogens with zero attached hydrogens (tertiary/aromatic N) is 1. The molecule has 2 aliphatic rings. The quantitative estimate of drug-likeness (QED) is 0.0297. The normalized spacial score (nSPS) is 16.8. The molecule has 22 heteroatoms. The van der Waals surface area contributed by atoms with E-state index in [0.717, 1.165) is 4.90 Å². The molecule has 22 nitrogen and oxygen atoms in total. The van der Waals surface area contributed by atoms with Gasteiger partial charge in [0.25, 0.3) is 11.8 Å². The van der Waals surface area contributed by atoms with E-state index in [0.29, 0.717) is 90.9 Å². The van der Waals surface area contributed by atoms with Crippen molar-refractivity contribution in [3.63, 3.8) is 0 Å². The number of imide groups is 1. The van der Waals surface area contributed by atoms with E-state index in [1.54, 1.807) is 0 Å². The largest absolute Gasteiger partial charge is 0.481 e. The fourth-order valence-corrected chi connectivity index (χ4v) is 6.57. The number of ether oxygens (including phenoxy) is 3. The van der Waals surface area contributed by atoms with Crippen LogP contribution in [-0.4, -0.2) is 157 Å². The van der Waals surface area contributed by atoms with Gasteiger partial charge in [-0.2, -0.15) is 0 Å². The Kier molecular flexibility index (Phi) is 26.7. The van der Waals surface area contributed by atoms with Gasteiger partial charge in [0.2, 0.25) is 29.5 Å². The zero-order chi connectivity index (χ0) is 46.4. The lowest BCUT2D eigenvalue weighted by molar-refractivity contribution is -0.143. The number of carboxylic acids is 3. The monoisotopic (exact) mass is 896 g/mol. The molecule has 0 radical (unpaired) electrons. The Morgan fingerprint density at radius 2 is 1.13 bits per heavy atom. The Balaban J connectivity index is 1.55. The lowest BCUT2D eigenvalue weighted by Crippen LogP contribution is -2.48. The van der Waals surface area contributed by atoms with Gasteiger partial charge in [-0.25, -0.2) is 4.79 Å². The maximum absolute atomic E-state index is 12.9. The van der Waals surface area contributed by atoms with Gasteiger partial charge >= 0.3 is 17.9 Å². The van der Waals surface area contributed by atoms with Crippen LogP contribution in [0.4, 0.5) is 0 Å². The number of carbonyl (C=O) groups excluding carboxylic acids is 7. The van der Waals surface area contributed by atoms with Crippen LogP contribution in [0, 0.1) is 11.8 Å². The van der Waals surface area contributed by atoms with Crippen molar-refractivity contribution in [3.8, 4) is 0 Å². The number of hydrogen-bond donors (Lipinski definition) is 8. The average molecular weight is 897 g/mol. The molecule has 1 saturated carbocycles. The number of carboxylic acid groups (broad SMARTS) is 3. The Morgan fingerprint density at radius 1 is 0.587 bits per heavy atom. The zero-order valence-electron chi connectivity index (χ0n) is 35.7. The predicted octanol–water partition coefficient (Wildman–Crippen LogP) is -0.369. The van der Waals surface area contributed by atoms with E-state index in [2.05, 4.69) is 26.6 Å². The number of hydrogen-bond acceptors (Lipinski definition) is 13. The van der Waals surface area contributed by atoms with E-state index in [-0.39, 0.29) is 82.6 Å². The van der Waals surface area contributed by atoms with Crippen LogP contribution in [0.3, 0.4) is 0 Å².